The Hall–Kier alpha value is -1.71. The van der Waals surface area contributed by atoms with Crippen molar-refractivity contribution in [1.29, 1.82) is 0 Å². The Morgan fingerprint density at radius 1 is 1.47 bits per heavy atom. The molecule has 1 aliphatic heterocycles. The summed E-state index contributed by atoms with van der Waals surface area (Å²) in [5.41, 5.74) is 7.20. The maximum Gasteiger partial charge on any atom is 0.268 e. The van der Waals surface area contributed by atoms with Gasteiger partial charge in [-0.3, -0.25) is 4.79 Å². The zero-order chi connectivity index (χ0) is 12.6. The van der Waals surface area contributed by atoms with Crippen LogP contribution in [0.1, 0.15) is 27.2 Å². The fourth-order valence-corrected chi connectivity index (χ4v) is 2.09. The highest BCUT2D eigenvalue weighted by Crippen LogP contribution is 2.37. The van der Waals surface area contributed by atoms with Gasteiger partial charge in [-0.05, 0) is 32.4 Å². The van der Waals surface area contributed by atoms with Crippen LogP contribution in [0.15, 0.2) is 18.2 Å². The topological polar surface area (TPSA) is 55.6 Å². The van der Waals surface area contributed by atoms with Gasteiger partial charge < -0.3 is 15.4 Å². The number of benzene rings is 1. The molecular formula is C13H18N2O2. The first kappa shape index (κ1) is 11.8. The number of carbonyl (C=O) groups excluding carboxylic acids is 1. The highest BCUT2D eigenvalue weighted by atomic mass is 16.5. The van der Waals surface area contributed by atoms with E-state index in [9.17, 15) is 4.79 Å². The van der Waals surface area contributed by atoms with Crippen molar-refractivity contribution in [3.8, 4) is 5.75 Å². The molecule has 4 nitrogen and oxygen atoms in total. The van der Waals surface area contributed by atoms with Gasteiger partial charge in [0.1, 0.15) is 5.75 Å². The van der Waals surface area contributed by atoms with Crippen molar-refractivity contribution in [2.45, 2.75) is 39.3 Å². The first-order chi connectivity index (χ1) is 8.04. The number of nitrogens with zero attached hydrogens (tertiary/aromatic N) is 1. The Balaban J connectivity index is 2.50. The third kappa shape index (κ3) is 1.95. The lowest BCUT2D eigenvalue weighted by atomic mass is 10.1. The van der Waals surface area contributed by atoms with Gasteiger partial charge >= 0.3 is 0 Å². The van der Waals surface area contributed by atoms with Gasteiger partial charge in [-0.2, -0.15) is 0 Å². The summed E-state index contributed by atoms with van der Waals surface area (Å²) in [6.45, 7) is 5.94. The highest BCUT2D eigenvalue weighted by Gasteiger charge is 2.34. The van der Waals surface area contributed by atoms with Gasteiger partial charge in [0, 0.05) is 17.8 Å². The highest BCUT2D eigenvalue weighted by molar-refractivity contribution is 6.00. The van der Waals surface area contributed by atoms with E-state index in [0.29, 0.717) is 17.9 Å². The number of ether oxygens (including phenoxy) is 1. The molecule has 1 amide bonds. The van der Waals surface area contributed by atoms with Crippen molar-refractivity contribution in [3.63, 3.8) is 0 Å². The molecule has 1 unspecified atom stereocenters. The molecule has 1 heterocycles. The van der Waals surface area contributed by atoms with Crippen molar-refractivity contribution < 1.29 is 9.53 Å². The minimum atomic E-state index is -0.397. The molecular weight excluding hydrogens is 216 g/mol. The molecule has 0 aromatic heterocycles. The molecule has 1 aromatic carbocycles. The van der Waals surface area contributed by atoms with Gasteiger partial charge in [-0.1, -0.05) is 6.92 Å². The number of carbonyl (C=O) groups is 1. The van der Waals surface area contributed by atoms with Crippen LogP contribution in [0, 0.1) is 0 Å². The van der Waals surface area contributed by atoms with Crippen LogP contribution in [-0.2, 0) is 4.79 Å². The molecule has 0 saturated heterocycles. The summed E-state index contributed by atoms with van der Waals surface area (Å²) >= 11 is 0. The molecule has 0 saturated carbocycles. The lowest BCUT2D eigenvalue weighted by molar-refractivity contribution is -0.126. The predicted molar refractivity (Wildman–Crippen MR) is 68.2 cm³/mol. The van der Waals surface area contributed by atoms with E-state index < -0.39 is 6.10 Å². The summed E-state index contributed by atoms with van der Waals surface area (Å²) in [6.07, 6.45) is 0.266. The molecule has 4 heteroatoms. The third-order valence-electron chi connectivity index (χ3n) is 2.91. The number of nitrogens with two attached hydrogens (primary N) is 1. The van der Waals surface area contributed by atoms with Gasteiger partial charge in [0.2, 0.25) is 0 Å². The smallest absolute Gasteiger partial charge is 0.268 e. The lowest BCUT2D eigenvalue weighted by Gasteiger charge is -2.36. The summed E-state index contributed by atoms with van der Waals surface area (Å²) < 4.78 is 5.68. The Kier molecular flexibility index (Phi) is 2.96. The standard InChI is InChI=1S/C13H18N2O2/c1-4-11-13(16)15(8(2)3)10-6-5-9(14)7-12(10)17-11/h5-8,11H,4,14H2,1-3H3. The zero-order valence-corrected chi connectivity index (χ0v) is 10.4. The van der Waals surface area contributed by atoms with Crippen LogP contribution in [0.25, 0.3) is 0 Å². The van der Waals surface area contributed by atoms with Crippen LogP contribution in [-0.4, -0.2) is 18.1 Å². The molecule has 0 radical (unpaired) electrons. The predicted octanol–water partition coefficient (Wildman–Crippen LogP) is 2.18. The van der Waals surface area contributed by atoms with E-state index in [4.69, 9.17) is 10.5 Å². The largest absolute Gasteiger partial charge is 0.478 e. The van der Waals surface area contributed by atoms with Gasteiger partial charge in [0.25, 0.3) is 5.91 Å². The second kappa shape index (κ2) is 4.28. The molecule has 2 rings (SSSR count). The fraction of sp³-hybridized carbons (Fsp3) is 0.462. The minimum absolute atomic E-state index is 0.0276. The molecule has 0 bridgehead atoms. The van der Waals surface area contributed by atoms with Crippen molar-refractivity contribution in [2.75, 3.05) is 10.6 Å². The molecule has 92 valence electrons. The second-order valence-corrected chi connectivity index (χ2v) is 4.54. The Morgan fingerprint density at radius 2 is 2.18 bits per heavy atom. The minimum Gasteiger partial charge on any atom is -0.478 e. The number of fused-ring (bicyclic) bond motifs is 1. The summed E-state index contributed by atoms with van der Waals surface area (Å²) in [4.78, 5) is 14.0. The SMILES string of the molecule is CCC1Oc2cc(N)ccc2N(C(C)C)C1=O. The maximum absolute atomic E-state index is 12.2. The molecule has 1 aromatic rings. The van der Waals surface area contributed by atoms with E-state index >= 15 is 0 Å². The van der Waals surface area contributed by atoms with Crippen molar-refractivity contribution in [2.24, 2.45) is 0 Å². The summed E-state index contributed by atoms with van der Waals surface area (Å²) in [7, 11) is 0. The van der Waals surface area contributed by atoms with Crippen molar-refractivity contribution in [1.82, 2.24) is 0 Å². The number of amides is 1. The van der Waals surface area contributed by atoms with Gasteiger partial charge in [0.15, 0.2) is 6.10 Å². The average Bonchev–Trinajstić information content (AvgIpc) is 2.28. The van der Waals surface area contributed by atoms with Gasteiger partial charge in [0.05, 0.1) is 5.69 Å². The Bertz CT molecular complexity index is 443. The number of hydrogen-bond acceptors (Lipinski definition) is 3. The van der Waals surface area contributed by atoms with E-state index in [-0.39, 0.29) is 11.9 Å². The second-order valence-electron chi connectivity index (χ2n) is 4.54. The Labute approximate surface area is 101 Å². The summed E-state index contributed by atoms with van der Waals surface area (Å²) in [6, 6.07) is 5.52. The monoisotopic (exact) mass is 234 g/mol. The molecule has 17 heavy (non-hydrogen) atoms. The van der Waals surface area contributed by atoms with Crippen LogP contribution >= 0.6 is 0 Å². The average molecular weight is 234 g/mol. The third-order valence-corrected chi connectivity index (χ3v) is 2.91. The zero-order valence-electron chi connectivity index (χ0n) is 10.4. The summed E-state index contributed by atoms with van der Waals surface area (Å²) in [5, 5.41) is 0. The van der Waals surface area contributed by atoms with E-state index in [1.807, 2.05) is 26.8 Å². The fourth-order valence-electron chi connectivity index (χ4n) is 2.09. The van der Waals surface area contributed by atoms with Crippen LogP contribution in [0.5, 0.6) is 5.75 Å². The van der Waals surface area contributed by atoms with Crippen LogP contribution in [0.4, 0.5) is 11.4 Å². The number of rotatable bonds is 2. The molecule has 0 spiro atoms. The van der Waals surface area contributed by atoms with Crippen molar-refractivity contribution >= 4 is 17.3 Å². The Morgan fingerprint density at radius 3 is 2.76 bits per heavy atom. The molecule has 0 aliphatic carbocycles. The number of nitrogen functional groups attached to an aromatic ring is 1. The first-order valence-electron chi connectivity index (χ1n) is 5.93. The lowest BCUT2D eigenvalue weighted by Crippen LogP contribution is -2.48. The van der Waals surface area contributed by atoms with Gasteiger partial charge in [-0.25, -0.2) is 0 Å². The normalized spacial score (nSPS) is 19.2. The number of anilines is 2. The maximum atomic E-state index is 12.2. The van der Waals surface area contributed by atoms with E-state index in [1.54, 1.807) is 17.0 Å². The van der Waals surface area contributed by atoms with Gasteiger partial charge in [-0.15, -0.1) is 0 Å². The molecule has 2 N–H and O–H groups in total. The summed E-state index contributed by atoms with van der Waals surface area (Å²) in [5.74, 6) is 0.727. The first-order valence-corrected chi connectivity index (χ1v) is 5.93. The van der Waals surface area contributed by atoms with Crippen LogP contribution in [0.2, 0.25) is 0 Å². The van der Waals surface area contributed by atoms with Crippen molar-refractivity contribution in [3.05, 3.63) is 18.2 Å². The van der Waals surface area contributed by atoms with Crippen LogP contribution < -0.4 is 15.4 Å². The molecule has 1 aliphatic rings. The van der Waals surface area contributed by atoms with Crippen LogP contribution in [0.3, 0.4) is 0 Å². The molecule has 0 fully saturated rings. The van der Waals surface area contributed by atoms with E-state index in [1.165, 1.54) is 0 Å². The quantitative estimate of drug-likeness (QED) is 0.798. The van der Waals surface area contributed by atoms with E-state index in [2.05, 4.69) is 0 Å². The number of hydrogen-bond donors (Lipinski definition) is 1. The van der Waals surface area contributed by atoms with E-state index in [0.717, 1.165) is 5.69 Å². The molecule has 1 atom stereocenters.